The van der Waals surface area contributed by atoms with Crippen LogP contribution in [0.3, 0.4) is 0 Å². The van der Waals surface area contributed by atoms with Crippen molar-refractivity contribution in [3.63, 3.8) is 0 Å². The zero-order chi connectivity index (χ0) is 13.8. The largest absolute Gasteiger partial charge is 0.494 e. The third-order valence-corrected chi connectivity index (χ3v) is 2.83. The van der Waals surface area contributed by atoms with Crippen molar-refractivity contribution in [1.29, 1.82) is 0 Å². The van der Waals surface area contributed by atoms with Crippen molar-refractivity contribution < 1.29 is 13.9 Å². The Morgan fingerprint density at radius 2 is 1.89 bits per heavy atom. The van der Waals surface area contributed by atoms with Gasteiger partial charge in [0.1, 0.15) is 11.5 Å². The van der Waals surface area contributed by atoms with Gasteiger partial charge in [-0.15, -0.1) is 0 Å². The summed E-state index contributed by atoms with van der Waals surface area (Å²) in [7, 11) is 0. The number of hydrogen-bond donors (Lipinski definition) is 1. The van der Waals surface area contributed by atoms with Crippen LogP contribution in [0.1, 0.15) is 6.92 Å². The molecule has 0 saturated carbocycles. The summed E-state index contributed by atoms with van der Waals surface area (Å²) < 4.78 is 25.2. The van der Waals surface area contributed by atoms with E-state index < -0.39 is 5.82 Å². The topological polar surface area (TPSA) is 44.5 Å². The Hall–Kier alpha value is -1.75. The summed E-state index contributed by atoms with van der Waals surface area (Å²) in [6.45, 7) is 2.39. The number of halogens is 2. The van der Waals surface area contributed by atoms with Crippen LogP contribution in [0.4, 0.5) is 10.1 Å². The molecule has 2 aromatic carbocycles. The second-order valence-electron chi connectivity index (χ2n) is 3.85. The molecule has 0 atom stereocenters. The Balaban J connectivity index is 2.29. The maximum atomic E-state index is 13.6. The van der Waals surface area contributed by atoms with Crippen LogP contribution in [-0.2, 0) is 0 Å². The number of ether oxygens (including phenoxy) is 2. The van der Waals surface area contributed by atoms with Gasteiger partial charge in [-0.3, -0.25) is 0 Å². The number of rotatable bonds is 4. The molecule has 2 N–H and O–H groups in total. The highest BCUT2D eigenvalue weighted by molar-refractivity contribution is 9.10. The summed E-state index contributed by atoms with van der Waals surface area (Å²) in [5.74, 6) is 0.708. The number of nitrogens with two attached hydrogens (primary N) is 1. The molecular weight excluding hydrogens is 313 g/mol. The summed E-state index contributed by atoms with van der Waals surface area (Å²) in [5, 5.41) is 0. The smallest absolute Gasteiger partial charge is 0.165 e. The first-order chi connectivity index (χ1) is 9.08. The van der Waals surface area contributed by atoms with Crippen LogP contribution >= 0.6 is 15.9 Å². The average molecular weight is 326 g/mol. The van der Waals surface area contributed by atoms with E-state index >= 15 is 0 Å². The third-order valence-electron chi connectivity index (χ3n) is 2.33. The summed E-state index contributed by atoms with van der Waals surface area (Å²) in [6.07, 6.45) is 0. The lowest BCUT2D eigenvalue weighted by Crippen LogP contribution is -1.95. The van der Waals surface area contributed by atoms with E-state index in [1.54, 1.807) is 30.3 Å². The minimum atomic E-state index is -0.441. The predicted molar refractivity (Wildman–Crippen MR) is 76.2 cm³/mol. The molecule has 5 heteroatoms. The number of anilines is 1. The Labute approximate surface area is 119 Å². The van der Waals surface area contributed by atoms with E-state index in [1.165, 1.54) is 6.07 Å². The summed E-state index contributed by atoms with van der Waals surface area (Å²) in [6, 6.07) is 9.46. The van der Waals surface area contributed by atoms with Crippen LogP contribution in [0.25, 0.3) is 0 Å². The minimum absolute atomic E-state index is 0.127. The summed E-state index contributed by atoms with van der Waals surface area (Å²) in [4.78, 5) is 0. The highest BCUT2D eigenvalue weighted by atomic mass is 79.9. The first kappa shape index (κ1) is 13.7. The zero-order valence-corrected chi connectivity index (χ0v) is 11.9. The predicted octanol–water partition coefficient (Wildman–Crippen LogP) is 4.36. The lowest BCUT2D eigenvalue weighted by Gasteiger charge is -2.10. The molecule has 0 aliphatic heterocycles. The minimum Gasteiger partial charge on any atom is -0.494 e. The molecule has 0 aliphatic carbocycles. The van der Waals surface area contributed by atoms with Gasteiger partial charge in [-0.1, -0.05) is 15.9 Å². The van der Waals surface area contributed by atoms with Crippen LogP contribution < -0.4 is 15.2 Å². The van der Waals surface area contributed by atoms with E-state index in [1.807, 2.05) is 6.92 Å². The van der Waals surface area contributed by atoms with Crippen molar-refractivity contribution in [1.82, 2.24) is 0 Å². The van der Waals surface area contributed by atoms with Gasteiger partial charge < -0.3 is 15.2 Å². The van der Waals surface area contributed by atoms with E-state index in [9.17, 15) is 4.39 Å². The van der Waals surface area contributed by atoms with Gasteiger partial charge in [0.2, 0.25) is 0 Å². The van der Waals surface area contributed by atoms with Gasteiger partial charge in [0, 0.05) is 28.4 Å². The third kappa shape index (κ3) is 3.61. The Morgan fingerprint density at radius 3 is 2.63 bits per heavy atom. The van der Waals surface area contributed by atoms with Crippen LogP contribution in [0.15, 0.2) is 40.9 Å². The molecule has 0 bridgehead atoms. The molecule has 0 heterocycles. The zero-order valence-electron chi connectivity index (χ0n) is 10.3. The van der Waals surface area contributed by atoms with Gasteiger partial charge in [0.05, 0.1) is 6.61 Å². The van der Waals surface area contributed by atoms with Crippen LogP contribution in [-0.4, -0.2) is 6.61 Å². The van der Waals surface area contributed by atoms with Gasteiger partial charge >= 0.3 is 0 Å². The van der Waals surface area contributed by atoms with Crippen molar-refractivity contribution in [2.24, 2.45) is 0 Å². The molecule has 0 unspecified atom stereocenters. The van der Waals surface area contributed by atoms with Crippen LogP contribution in [0, 0.1) is 5.82 Å². The fourth-order valence-corrected chi connectivity index (χ4v) is 1.93. The van der Waals surface area contributed by atoms with Gasteiger partial charge in [0.25, 0.3) is 0 Å². The van der Waals surface area contributed by atoms with Crippen molar-refractivity contribution in [2.75, 3.05) is 12.3 Å². The van der Waals surface area contributed by atoms with E-state index in [4.69, 9.17) is 15.2 Å². The average Bonchev–Trinajstić information content (AvgIpc) is 2.33. The van der Waals surface area contributed by atoms with Gasteiger partial charge in [-0.25, -0.2) is 4.39 Å². The summed E-state index contributed by atoms with van der Waals surface area (Å²) >= 11 is 3.27. The highest BCUT2D eigenvalue weighted by Gasteiger charge is 2.07. The summed E-state index contributed by atoms with van der Waals surface area (Å²) in [5.41, 5.74) is 6.24. The molecule has 0 saturated heterocycles. The molecule has 3 nitrogen and oxygen atoms in total. The fraction of sp³-hybridized carbons (Fsp3) is 0.143. The molecule has 0 aliphatic rings. The van der Waals surface area contributed by atoms with Crippen molar-refractivity contribution in [3.8, 4) is 17.2 Å². The molecule has 0 amide bonds. The maximum absolute atomic E-state index is 13.6. The van der Waals surface area contributed by atoms with Gasteiger partial charge in [0.15, 0.2) is 11.6 Å². The van der Waals surface area contributed by atoms with E-state index in [0.717, 1.165) is 4.47 Å². The normalized spacial score (nSPS) is 10.3. The molecule has 0 radical (unpaired) electrons. The molecule has 2 aromatic rings. The van der Waals surface area contributed by atoms with Crippen LogP contribution in [0.5, 0.6) is 17.2 Å². The maximum Gasteiger partial charge on any atom is 0.165 e. The van der Waals surface area contributed by atoms with Crippen LogP contribution in [0.2, 0.25) is 0 Å². The number of hydrogen-bond acceptors (Lipinski definition) is 3. The quantitative estimate of drug-likeness (QED) is 0.849. The Bertz CT molecular complexity index is 590. The SMILES string of the molecule is CCOc1cc(N)cc(Oc2cc(Br)ccc2F)c1. The standard InChI is InChI=1S/C14H13BrFNO2/c1-2-18-11-6-10(17)7-12(8-11)19-14-5-9(15)3-4-13(14)16/h3-8H,2,17H2,1H3. The Kier molecular flexibility index (Phi) is 4.27. The van der Waals surface area contributed by atoms with E-state index in [-0.39, 0.29) is 5.75 Å². The Morgan fingerprint density at radius 1 is 1.16 bits per heavy atom. The highest BCUT2D eigenvalue weighted by Crippen LogP contribution is 2.31. The first-order valence-corrected chi connectivity index (χ1v) is 6.54. The van der Waals surface area contributed by atoms with E-state index in [0.29, 0.717) is 23.8 Å². The lowest BCUT2D eigenvalue weighted by molar-refractivity contribution is 0.338. The number of benzene rings is 2. The van der Waals surface area contributed by atoms with Gasteiger partial charge in [-0.05, 0) is 25.1 Å². The van der Waals surface area contributed by atoms with Crippen molar-refractivity contribution in [2.45, 2.75) is 6.92 Å². The molecule has 0 aromatic heterocycles. The second-order valence-corrected chi connectivity index (χ2v) is 4.76. The number of nitrogen functional groups attached to an aromatic ring is 1. The molecule has 0 fully saturated rings. The second kappa shape index (κ2) is 5.93. The van der Waals surface area contributed by atoms with E-state index in [2.05, 4.69) is 15.9 Å². The molecule has 100 valence electrons. The van der Waals surface area contributed by atoms with Gasteiger partial charge in [-0.2, -0.15) is 0 Å². The molecule has 2 rings (SSSR count). The van der Waals surface area contributed by atoms with Crippen molar-refractivity contribution >= 4 is 21.6 Å². The molecule has 0 spiro atoms. The van der Waals surface area contributed by atoms with Crippen molar-refractivity contribution in [3.05, 3.63) is 46.7 Å². The first-order valence-electron chi connectivity index (χ1n) is 5.74. The lowest BCUT2D eigenvalue weighted by atomic mass is 10.3. The molecular formula is C14H13BrFNO2. The fourth-order valence-electron chi connectivity index (χ4n) is 1.59. The monoisotopic (exact) mass is 325 g/mol. The molecule has 19 heavy (non-hydrogen) atoms.